The van der Waals surface area contributed by atoms with E-state index in [2.05, 4.69) is 5.32 Å². The van der Waals surface area contributed by atoms with Crippen LogP contribution in [0.2, 0.25) is 0 Å². The zero-order valence-electron chi connectivity index (χ0n) is 10.8. The van der Waals surface area contributed by atoms with Gasteiger partial charge >= 0.3 is 0 Å². The molecule has 3 aliphatic rings. The van der Waals surface area contributed by atoms with Crippen LogP contribution in [0.5, 0.6) is 0 Å². The van der Waals surface area contributed by atoms with Gasteiger partial charge in [0.2, 0.25) is 0 Å². The molecule has 3 atom stereocenters. The third-order valence-electron chi connectivity index (χ3n) is 5.18. The second-order valence-electron chi connectivity index (χ2n) is 6.42. The van der Waals surface area contributed by atoms with Crippen LogP contribution >= 0.6 is 0 Å². The Balaban J connectivity index is 1.60. The minimum atomic E-state index is 0.358. The van der Waals surface area contributed by atoms with E-state index in [4.69, 9.17) is 0 Å². The van der Waals surface area contributed by atoms with E-state index in [1.165, 1.54) is 57.8 Å². The van der Waals surface area contributed by atoms with Crippen molar-refractivity contribution in [3.05, 3.63) is 0 Å². The lowest BCUT2D eigenvalue weighted by atomic mass is 9.80. The standard InChI is InChI=1S/C15H25NO/c17-15-10-12-7-8-14(16-12)13(15)9-11-5-3-1-2-4-6-11/h11-14,16H,1-10H2. The number of nitrogens with one attached hydrogen (secondary N) is 1. The molecule has 1 saturated carbocycles. The van der Waals surface area contributed by atoms with Crippen molar-refractivity contribution in [1.29, 1.82) is 0 Å². The minimum Gasteiger partial charge on any atom is -0.310 e. The highest BCUT2D eigenvalue weighted by Gasteiger charge is 2.41. The fourth-order valence-corrected chi connectivity index (χ4v) is 4.20. The Bertz CT molecular complexity index is 281. The van der Waals surface area contributed by atoms with Crippen LogP contribution in [-0.2, 0) is 4.79 Å². The molecule has 2 nitrogen and oxygen atoms in total. The van der Waals surface area contributed by atoms with Gasteiger partial charge in [-0.2, -0.15) is 0 Å². The maximum Gasteiger partial charge on any atom is 0.139 e. The van der Waals surface area contributed by atoms with Gasteiger partial charge in [0.1, 0.15) is 5.78 Å². The average molecular weight is 235 g/mol. The van der Waals surface area contributed by atoms with Gasteiger partial charge in [0.25, 0.3) is 0 Å². The minimum absolute atomic E-state index is 0.358. The van der Waals surface area contributed by atoms with Gasteiger partial charge in [0, 0.05) is 24.4 Å². The molecule has 2 bridgehead atoms. The number of rotatable bonds is 2. The Morgan fingerprint density at radius 2 is 1.76 bits per heavy atom. The summed E-state index contributed by atoms with van der Waals surface area (Å²) >= 11 is 0. The predicted molar refractivity (Wildman–Crippen MR) is 68.9 cm³/mol. The lowest BCUT2D eigenvalue weighted by Gasteiger charge is -2.31. The van der Waals surface area contributed by atoms with Gasteiger partial charge in [-0.3, -0.25) is 4.79 Å². The van der Waals surface area contributed by atoms with Crippen molar-refractivity contribution in [2.24, 2.45) is 11.8 Å². The molecule has 96 valence electrons. The van der Waals surface area contributed by atoms with Gasteiger partial charge in [-0.1, -0.05) is 38.5 Å². The molecule has 0 radical (unpaired) electrons. The number of ketones is 1. The van der Waals surface area contributed by atoms with E-state index in [0.717, 1.165) is 12.3 Å². The summed E-state index contributed by atoms with van der Waals surface area (Å²) in [6.45, 7) is 0. The summed E-state index contributed by atoms with van der Waals surface area (Å²) in [6.07, 6.45) is 12.8. The first-order valence-electron chi connectivity index (χ1n) is 7.61. The van der Waals surface area contributed by atoms with E-state index in [1.54, 1.807) is 0 Å². The van der Waals surface area contributed by atoms with Crippen LogP contribution in [0, 0.1) is 11.8 Å². The van der Waals surface area contributed by atoms with Gasteiger partial charge in [-0.25, -0.2) is 0 Å². The summed E-state index contributed by atoms with van der Waals surface area (Å²) in [5, 5.41) is 3.66. The molecule has 1 aliphatic carbocycles. The number of hydrogen-bond acceptors (Lipinski definition) is 2. The lowest BCUT2D eigenvalue weighted by Crippen LogP contribution is -2.46. The Hall–Kier alpha value is -0.370. The molecule has 0 aromatic carbocycles. The van der Waals surface area contributed by atoms with Crippen molar-refractivity contribution in [2.45, 2.75) is 76.3 Å². The molecule has 17 heavy (non-hydrogen) atoms. The fourth-order valence-electron chi connectivity index (χ4n) is 4.20. The molecule has 2 heteroatoms. The third-order valence-corrected chi connectivity index (χ3v) is 5.18. The molecule has 2 saturated heterocycles. The molecular weight excluding hydrogens is 210 g/mol. The van der Waals surface area contributed by atoms with E-state index in [0.29, 0.717) is 23.8 Å². The Kier molecular flexibility index (Phi) is 3.51. The summed E-state index contributed by atoms with van der Waals surface area (Å²) in [5.74, 6) is 1.77. The van der Waals surface area contributed by atoms with Crippen molar-refractivity contribution in [3.63, 3.8) is 0 Å². The summed E-state index contributed by atoms with van der Waals surface area (Å²) in [4.78, 5) is 12.2. The van der Waals surface area contributed by atoms with Crippen LogP contribution < -0.4 is 5.32 Å². The van der Waals surface area contributed by atoms with E-state index >= 15 is 0 Å². The summed E-state index contributed by atoms with van der Waals surface area (Å²) < 4.78 is 0. The Morgan fingerprint density at radius 3 is 2.53 bits per heavy atom. The molecular formula is C15H25NO. The Labute approximate surface area is 105 Å². The number of piperidine rings is 1. The quantitative estimate of drug-likeness (QED) is 0.745. The number of hydrogen-bond donors (Lipinski definition) is 1. The summed E-state index contributed by atoms with van der Waals surface area (Å²) in [6, 6.07) is 1.06. The Morgan fingerprint density at radius 1 is 1.00 bits per heavy atom. The molecule has 0 spiro atoms. The second-order valence-corrected chi connectivity index (χ2v) is 6.42. The van der Waals surface area contributed by atoms with Crippen molar-refractivity contribution < 1.29 is 4.79 Å². The van der Waals surface area contributed by atoms with Crippen LogP contribution in [0.25, 0.3) is 0 Å². The van der Waals surface area contributed by atoms with Crippen molar-refractivity contribution in [1.82, 2.24) is 5.32 Å². The molecule has 3 rings (SSSR count). The summed E-state index contributed by atoms with van der Waals surface area (Å²) in [7, 11) is 0. The van der Waals surface area contributed by atoms with Crippen LogP contribution in [0.1, 0.15) is 64.2 Å². The van der Waals surface area contributed by atoms with Crippen LogP contribution in [0.3, 0.4) is 0 Å². The number of fused-ring (bicyclic) bond motifs is 2. The van der Waals surface area contributed by atoms with Crippen LogP contribution in [0.15, 0.2) is 0 Å². The molecule has 0 amide bonds. The summed E-state index contributed by atoms with van der Waals surface area (Å²) in [5.41, 5.74) is 0. The number of Topliss-reactive ketones (excluding diaryl/α,β-unsaturated/α-hetero) is 1. The zero-order valence-corrected chi connectivity index (χ0v) is 10.8. The monoisotopic (exact) mass is 235 g/mol. The number of carbonyl (C=O) groups excluding carboxylic acids is 1. The predicted octanol–water partition coefficient (Wildman–Crippen LogP) is 3.06. The van der Waals surface area contributed by atoms with Crippen LogP contribution in [0.4, 0.5) is 0 Å². The molecule has 0 aromatic heterocycles. The van der Waals surface area contributed by atoms with Crippen LogP contribution in [-0.4, -0.2) is 17.9 Å². The van der Waals surface area contributed by atoms with E-state index in [-0.39, 0.29) is 0 Å². The molecule has 1 N–H and O–H groups in total. The molecule has 2 heterocycles. The maximum absolute atomic E-state index is 12.2. The molecule has 2 aliphatic heterocycles. The molecule has 0 aromatic rings. The normalized spacial score (nSPS) is 39.3. The molecule has 3 unspecified atom stereocenters. The lowest BCUT2D eigenvalue weighted by molar-refractivity contribution is -0.126. The van der Waals surface area contributed by atoms with Gasteiger partial charge in [0.15, 0.2) is 0 Å². The second kappa shape index (κ2) is 5.09. The third kappa shape index (κ3) is 2.57. The van der Waals surface area contributed by atoms with E-state index < -0.39 is 0 Å². The average Bonchev–Trinajstić information content (AvgIpc) is 2.55. The van der Waals surface area contributed by atoms with Gasteiger partial charge < -0.3 is 5.32 Å². The highest BCUT2D eigenvalue weighted by atomic mass is 16.1. The SMILES string of the molecule is O=C1CC2CCC(N2)C1CC1CCCCCC1. The van der Waals surface area contributed by atoms with E-state index in [1.807, 2.05) is 0 Å². The highest BCUT2D eigenvalue weighted by Crippen LogP contribution is 2.36. The topological polar surface area (TPSA) is 29.1 Å². The molecule has 3 fully saturated rings. The van der Waals surface area contributed by atoms with E-state index in [9.17, 15) is 4.79 Å². The largest absolute Gasteiger partial charge is 0.310 e. The van der Waals surface area contributed by atoms with Crippen molar-refractivity contribution in [2.75, 3.05) is 0 Å². The number of carbonyl (C=O) groups is 1. The first kappa shape index (κ1) is 11.7. The van der Waals surface area contributed by atoms with Gasteiger partial charge in [-0.15, -0.1) is 0 Å². The van der Waals surface area contributed by atoms with Gasteiger partial charge in [-0.05, 0) is 25.2 Å². The van der Waals surface area contributed by atoms with Crippen molar-refractivity contribution >= 4 is 5.78 Å². The van der Waals surface area contributed by atoms with Crippen molar-refractivity contribution in [3.8, 4) is 0 Å². The first-order valence-corrected chi connectivity index (χ1v) is 7.61. The smallest absolute Gasteiger partial charge is 0.139 e. The zero-order chi connectivity index (χ0) is 11.7. The fraction of sp³-hybridized carbons (Fsp3) is 0.933. The van der Waals surface area contributed by atoms with Gasteiger partial charge in [0.05, 0.1) is 0 Å². The maximum atomic E-state index is 12.2. The highest BCUT2D eigenvalue weighted by molar-refractivity contribution is 5.83. The first-order chi connectivity index (χ1) is 8.33.